The van der Waals surface area contributed by atoms with E-state index in [1.54, 1.807) is 4.90 Å². The third-order valence-electron chi connectivity index (χ3n) is 3.03. The van der Waals surface area contributed by atoms with Crippen molar-refractivity contribution in [1.82, 2.24) is 0 Å². The van der Waals surface area contributed by atoms with Gasteiger partial charge in [0.1, 0.15) is 5.60 Å². The second kappa shape index (κ2) is 4.37. The Morgan fingerprint density at radius 3 is 2.94 bits per heavy atom. The van der Waals surface area contributed by atoms with Gasteiger partial charge in [0.2, 0.25) is 0 Å². The number of ether oxygens (including phenoxy) is 1. The van der Waals surface area contributed by atoms with Crippen LogP contribution in [0, 0.1) is 6.92 Å². The molecule has 1 amide bonds. The first kappa shape index (κ1) is 11.9. The molecule has 2 rings (SSSR count). The third kappa shape index (κ3) is 2.42. The third-order valence-corrected chi connectivity index (χ3v) is 3.03. The van der Waals surface area contributed by atoms with Crippen LogP contribution in [-0.2, 0) is 4.74 Å². The van der Waals surface area contributed by atoms with Crippen molar-refractivity contribution >= 4 is 11.8 Å². The lowest BCUT2D eigenvalue weighted by Gasteiger charge is -2.20. The number of carbonyl (C=O) groups excluding carboxylic acids is 1. The smallest absolute Gasteiger partial charge is 0.415 e. The zero-order valence-corrected chi connectivity index (χ0v) is 10.3. The average molecular weight is 234 g/mol. The highest BCUT2D eigenvalue weighted by atomic mass is 16.6. The minimum absolute atomic E-state index is 0.286. The van der Waals surface area contributed by atoms with Gasteiger partial charge in [-0.05, 0) is 38.1 Å². The monoisotopic (exact) mass is 234 g/mol. The van der Waals surface area contributed by atoms with Gasteiger partial charge in [-0.15, -0.1) is 0 Å². The van der Waals surface area contributed by atoms with Crippen LogP contribution in [-0.4, -0.2) is 24.8 Å². The van der Waals surface area contributed by atoms with Crippen LogP contribution in [0.3, 0.4) is 0 Å². The molecule has 0 spiro atoms. The zero-order chi connectivity index (χ0) is 12.5. The second-order valence-electron chi connectivity index (χ2n) is 4.78. The van der Waals surface area contributed by atoms with Crippen LogP contribution in [0.25, 0.3) is 0 Å². The van der Waals surface area contributed by atoms with Gasteiger partial charge in [-0.25, -0.2) is 4.79 Å². The standard InChI is InChI=1S/C13H18N2O2/c1-10-4-3-5-11(8-10)15-9-13(2,6-7-14)17-12(15)16/h3-5,8H,6-7,9,14H2,1-2H3. The number of hydrogen-bond acceptors (Lipinski definition) is 3. The van der Waals surface area contributed by atoms with Crippen LogP contribution in [0.5, 0.6) is 0 Å². The van der Waals surface area contributed by atoms with Crippen LogP contribution in [0.15, 0.2) is 24.3 Å². The minimum Gasteiger partial charge on any atom is -0.441 e. The molecule has 1 aromatic carbocycles. The average Bonchev–Trinajstić information content (AvgIpc) is 2.55. The quantitative estimate of drug-likeness (QED) is 0.871. The summed E-state index contributed by atoms with van der Waals surface area (Å²) in [6, 6.07) is 7.85. The van der Waals surface area contributed by atoms with E-state index in [2.05, 4.69) is 0 Å². The molecule has 0 saturated carbocycles. The van der Waals surface area contributed by atoms with Gasteiger partial charge in [0.05, 0.1) is 6.54 Å². The van der Waals surface area contributed by atoms with Gasteiger partial charge in [0, 0.05) is 12.1 Å². The number of rotatable bonds is 3. The van der Waals surface area contributed by atoms with Gasteiger partial charge in [-0.2, -0.15) is 0 Å². The minimum atomic E-state index is -0.463. The second-order valence-corrected chi connectivity index (χ2v) is 4.78. The van der Waals surface area contributed by atoms with Gasteiger partial charge >= 0.3 is 6.09 Å². The van der Waals surface area contributed by atoms with Crippen molar-refractivity contribution in [2.24, 2.45) is 5.73 Å². The highest BCUT2D eigenvalue weighted by molar-refractivity contribution is 5.90. The van der Waals surface area contributed by atoms with E-state index in [1.807, 2.05) is 38.1 Å². The van der Waals surface area contributed by atoms with Crippen molar-refractivity contribution in [3.63, 3.8) is 0 Å². The van der Waals surface area contributed by atoms with Crippen molar-refractivity contribution in [1.29, 1.82) is 0 Å². The molecule has 0 aliphatic carbocycles. The van der Waals surface area contributed by atoms with Crippen molar-refractivity contribution in [2.75, 3.05) is 18.0 Å². The SMILES string of the molecule is Cc1cccc(N2CC(C)(CCN)OC2=O)c1. The molecule has 0 aromatic heterocycles. The molecule has 4 heteroatoms. The fourth-order valence-corrected chi connectivity index (χ4v) is 2.13. The van der Waals surface area contributed by atoms with Crippen molar-refractivity contribution in [3.8, 4) is 0 Å². The Bertz CT molecular complexity index is 433. The van der Waals surface area contributed by atoms with E-state index in [1.165, 1.54) is 0 Å². The van der Waals surface area contributed by atoms with Gasteiger partial charge in [0.15, 0.2) is 0 Å². The fraction of sp³-hybridized carbons (Fsp3) is 0.462. The molecule has 4 nitrogen and oxygen atoms in total. The maximum atomic E-state index is 11.8. The first-order chi connectivity index (χ1) is 8.04. The summed E-state index contributed by atoms with van der Waals surface area (Å²) in [7, 11) is 0. The van der Waals surface area contributed by atoms with Crippen molar-refractivity contribution in [2.45, 2.75) is 25.9 Å². The molecule has 0 radical (unpaired) electrons. The predicted molar refractivity (Wildman–Crippen MR) is 67.1 cm³/mol. The predicted octanol–water partition coefficient (Wildman–Crippen LogP) is 2.06. The molecule has 1 aliphatic rings. The number of nitrogens with two attached hydrogens (primary N) is 1. The lowest BCUT2D eigenvalue weighted by Crippen LogP contribution is -2.33. The molecular weight excluding hydrogens is 216 g/mol. The summed E-state index contributed by atoms with van der Waals surface area (Å²) < 4.78 is 5.40. The molecule has 1 saturated heterocycles. The van der Waals surface area contributed by atoms with Gasteiger partial charge in [-0.1, -0.05) is 12.1 Å². The molecule has 17 heavy (non-hydrogen) atoms. The van der Waals surface area contributed by atoms with Crippen molar-refractivity contribution in [3.05, 3.63) is 29.8 Å². The summed E-state index contributed by atoms with van der Waals surface area (Å²) in [5.74, 6) is 0. The lowest BCUT2D eigenvalue weighted by molar-refractivity contribution is 0.0672. The molecule has 1 aliphatic heterocycles. The summed E-state index contributed by atoms with van der Waals surface area (Å²) in [6.07, 6.45) is 0.396. The maximum absolute atomic E-state index is 11.8. The normalized spacial score (nSPS) is 23.9. The van der Waals surface area contributed by atoms with E-state index in [9.17, 15) is 4.79 Å². The number of nitrogens with zero attached hydrogens (tertiary/aromatic N) is 1. The van der Waals surface area contributed by atoms with E-state index >= 15 is 0 Å². The maximum Gasteiger partial charge on any atom is 0.415 e. The number of benzene rings is 1. The number of hydrogen-bond donors (Lipinski definition) is 1. The molecular formula is C13H18N2O2. The first-order valence-corrected chi connectivity index (χ1v) is 5.81. The van der Waals surface area contributed by atoms with Crippen LogP contribution in [0.1, 0.15) is 18.9 Å². The zero-order valence-electron chi connectivity index (χ0n) is 10.3. The highest BCUT2D eigenvalue weighted by Crippen LogP contribution is 2.30. The molecule has 0 bridgehead atoms. The molecule has 1 aromatic rings. The van der Waals surface area contributed by atoms with Gasteiger partial charge in [0.25, 0.3) is 0 Å². The van der Waals surface area contributed by atoms with Crippen LogP contribution >= 0.6 is 0 Å². The Morgan fingerprint density at radius 1 is 1.53 bits per heavy atom. The van der Waals surface area contributed by atoms with Gasteiger partial charge in [-0.3, -0.25) is 4.90 Å². The Kier molecular flexibility index (Phi) is 3.07. The van der Waals surface area contributed by atoms with E-state index in [0.717, 1.165) is 11.3 Å². The van der Waals surface area contributed by atoms with Crippen LogP contribution in [0.2, 0.25) is 0 Å². The summed E-state index contributed by atoms with van der Waals surface area (Å²) in [6.45, 7) is 5.01. The largest absolute Gasteiger partial charge is 0.441 e. The Morgan fingerprint density at radius 2 is 2.29 bits per heavy atom. The number of aryl methyl sites for hydroxylation is 1. The molecule has 1 atom stereocenters. The van der Waals surface area contributed by atoms with Gasteiger partial charge < -0.3 is 10.5 Å². The molecule has 1 unspecified atom stereocenters. The Balaban J connectivity index is 2.21. The number of amides is 1. The molecule has 2 N–H and O–H groups in total. The van der Waals surface area contributed by atoms with Crippen LogP contribution in [0.4, 0.5) is 10.5 Å². The topological polar surface area (TPSA) is 55.6 Å². The van der Waals surface area contributed by atoms with E-state index in [4.69, 9.17) is 10.5 Å². The van der Waals surface area contributed by atoms with E-state index in [0.29, 0.717) is 19.5 Å². The number of cyclic esters (lactones) is 1. The Hall–Kier alpha value is -1.55. The van der Waals surface area contributed by atoms with E-state index < -0.39 is 5.60 Å². The fourth-order valence-electron chi connectivity index (χ4n) is 2.13. The lowest BCUT2D eigenvalue weighted by atomic mass is 10.0. The number of carbonyl (C=O) groups is 1. The summed E-state index contributed by atoms with van der Waals surface area (Å²) in [4.78, 5) is 13.5. The summed E-state index contributed by atoms with van der Waals surface area (Å²) in [5.41, 5.74) is 7.09. The summed E-state index contributed by atoms with van der Waals surface area (Å²) >= 11 is 0. The number of anilines is 1. The molecule has 1 fully saturated rings. The molecule has 92 valence electrons. The highest BCUT2D eigenvalue weighted by Gasteiger charge is 2.41. The summed E-state index contributed by atoms with van der Waals surface area (Å²) in [5, 5.41) is 0. The van der Waals surface area contributed by atoms with Crippen molar-refractivity contribution < 1.29 is 9.53 Å². The van der Waals surface area contributed by atoms with E-state index in [-0.39, 0.29) is 6.09 Å². The molecule has 1 heterocycles. The Labute approximate surface area is 101 Å². The van der Waals surface area contributed by atoms with Crippen LogP contribution < -0.4 is 10.6 Å². The first-order valence-electron chi connectivity index (χ1n) is 5.81.